The molecule has 0 saturated heterocycles. The number of unbranched alkanes of at least 4 members (excludes halogenated alkanes) is 1. The molecule has 0 aliphatic rings. The highest BCUT2D eigenvalue weighted by atomic mass is 16.5. The lowest BCUT2D eigenvalue weighted by Crippen LogP contribution is -2.16. The van der Waals surface area contributed by atoms with Crippen LogP contribution in [-0.2, 0) is 4.74 Å². The zero-order valence-electron chi connectivity index (χ0n) is 10.5. The van der Waals surface area contributed by atoms with Crippen molar-refractivity contribution in [2.24, 2.45) is 0 Å². The number of hydrogen-bond donors (Lipinski definition) is 0. The van der Waals surface area contributed by atoms with Crippen LogP contribution in [0.25, 0.3) is 0 Å². The highest BCUT2D eigenvalue weighted by molar-refractivity contribution is 5.19. The molecule has 0 aliphatic heterocycles. The molecule has 0 heterocycles. The van der Waals surface area contributed by atoms with E-state index in [0.717, 1.165) is 19.4 Å². The number of rotatable bonds is 7. The van der Waals surface area contributed by atoms with Crippen molar-refractivity contribution in [3.8, 4) is 0 Å². The van der Waals surface area contributed by atoms with Gasteiger partial charge in [0, 0.05) is 6.61 Å². The third kappa shape index (κ3) is 5.58. The SMILES string of the molecule is C=CCCCOC(/C(C)=C/C)/C(C)=C/C. The molecule has 1 nitrogen and oxygen atoms in total. The molecule has 0 atom stereocenters. The molecule has 0 aliphatic carbocycles. The van der Waals surface area contributed by atoms with E-state index in [1.54, 1.807) is 0 Å². The monoisotopic (exact) mass is 208 g/mol. The summed E-state index contributed by atoms with van der Waals surface area (Å²) in [6, 6.07) is 0. The van der Waals surface area contributed by atoms with Crippen LogP contribution in [0.5, 0.6) is 0 Å². The Hall–Kier alpha value is -0.820. The summed E-state index contributed by atoms with van der Waals surface area (Å²) < 4.78 is 5.87. The fraction of sp³-hybridized carbons (Fsp3) is 0.571. The third-order valence-electron chi connectivity index (χ3n) is 2.57. The molecule has 0 saturated carbocycles. The Morgan fingerprint density at radius 2 is 1.73 bits per heavy atom. The van der Waals surface area contributed by atoms with E-state index in [2.05, 4.69) is 46.4 Å². The summed E-state index contributed by atoms with van der Waals surface area (Å²) >= 11 is 0. The molecular formula is C14H24O. The Bertz CT molecular complexity index is 218. The fourth-order valence-corrected chi connectivity index (χ4v) is 1.35. The molecule has 0 rings (SSSR count). The molecular weight excluding hydrogens is 184 g/mol. The Morgan fingerprint density at radius 3 is 2.13 bits per heavy atom. The maximum Gasteiger partial charge on any atom is 0.0990 e. The second kappa shape index (κ2) is 8.49. The van der Waals surface area contributed by atoms with Crippen LogP contribution in [0.2, 0.25) is 0 Å². The van der Waals surface area contributed by atoms with Crippen LogP contribution in [0.1, 0.15) is 40.5 Å². The summed E-state index contributed by atoms with van der Waals surface area (Å²) in [5, 5.41) is 0. The van der Waals surface area contributed by atoms with Crippen molar-refractivity contribution in [1.82, 2.24) is 0 Å². The summed E-state index contributed by atoms with van der Waals surface area (Å²) in [7, 11) is 0. The number of ether oxygens (including phenoxy) is 1. The van der Waals surface area contributed by atoms with E-state index in [-0.39, 0.29) is 6.10 Å². The van der Waals surface area contributed by atoms with Crippen LogP contribution in [0.15, 0.2) is 36.0 Å². The summed E-state index contributed by atoms with van der Waals surface area (Å²) in [4.78, 5) is 0. The van der Waals surface area contributed by atoms with E-state index >= 15 is 0 Å². The Morgan fingerprint density at radius 1 is 1.20 bits per heavy atom. The van der Waals surface area contributed by atoms with Gasteiger partial charge in [-0.1, -0.05) is 18.2 Å². The van der Waals surface area contributed by atoms with Gasteiger partial charge in [-0.3, -0.25) is 0 Å². The quantitative estimate of drug-likeness (QED) is 0.448. The zero-order valence-corrected chi connectivity index (χ0v) is 10.5. The van der Waals surface area contributed by atoms with Gasteiger partial charge in [0.25, 0.3) is 0 Å². The van der Waals surface area contributed by atoms with Gasteiger partial charge in [-0.15, -0.1) is 6.58 Å². The van der Waals surface area contributed by atoms with Gasteiger partial charge >= 0.3 is 0 Å². The minimum Gasteiger partial charge on any atom is -0.369 e. The van der Waals surface area contributed by atoms with Crippen molar-refractivity contribution in [3.63, 3.8) is 0 Å². The first-order valence-corrected chi connectivity index (χ1v) is 5.65. The minimum absolute atomic E-state index is 0.157. The minimum atomic E-state index is 0.157. The maximum absolute atomic E-state index is 5.87. The molecule has 0 radical (unpaired) electrons. The summed E-state index contributed by atoms with van der Waals surface area (Å²) in [6.07, 6.45) is 8.40. The molecule has 0 amide bonds. The van der Waals surface area contributed by atoms with E-state index < -0.39 is 0 Å². The van der Waals surface area contributed by atoms with Crippen molar-refractivity contribution >= 4 is 0 Å². The van der Waals surface area contributed by atoms with Crippen molar-refractivity contribution in [3.05, 3.63) is 36.0 Å². The largest absolute Gasteiger partial charge is 0.369 e. The van der Waals surface area contributed by atoms with E-state index in [1.807, 2.05) is 6.08 Å². The van der Waals surface area contributed by atoms with Crippen LogP contribution in [0.3, 0.4) is 0 Å². The molecule has 0 bridgehead atoms. The smallest absolute Gasteiger partial charge is 0.0990 e. The Balaban J connectivity index is 4.21. The van der Waals surface area contributed by atoms with Gasteiger partial charge in [-0.25, -0.2) is 0 Å². The molecule has 1 heteroatoms. The van der Waals surface area contributed by atoms with Crippen LogP contribution in [0.4, 0.5) is 0 Å². The molecule has 0 N–H and O–H groups in total. The molecule has 0 spiro atoms. The number of allylic oxidation sites excluding steroid dienone is 3. The van der Waals surface area contributed by atoms with Gasteiger partial charge < -0.3 is 4.74 Å². The summed E-state index contributed by atoms with van der Waals surface area (Å²) in [5.74, 6) is 0. The van der Waals surface area contributed by atoms with Gasteiger partial charge in [0.2, 0.25) is 0 Å². The molecule has 0 aromatic heterocycles. The van der Waals surface area contributed by atoms with E-state index in [0.29, 0.717) is 0 Å². The highest BCUT2D eigenvalue weighted by Gasteiger charge is 2.11. The predicted molar refractivity (Wildman–Crippen MR) is 68.0 cm³/mol. The first kappa shape index (κ1) is 14.2. The summed E-state index contributed by atoms with van der Waals surface area (Å²) in [6.45, 7) is 12.8. The molecule has 15 heavy (non-hydrogen) atoms. The molecule has 0 aromatic carbocycles. The van der Waals surface area contributed by atoms with Crippen LogP contribution >= 0.6 is 0 Å². The zero-order chi connectivity index (χ0) is 11.7. The first-order chi connectivity index (χ1) is 7.17. The molecule has 0 aromatic rings. The lowest BCUT2D eigenvalue weighted by Gasteiger charge is -2.19. The van der Waals surface area contributed by atoms with Crippen molar-refractivity contribution in [2.75, 3.05) is 6.61 Å². The number of hydrogen-bond acceptors (Lipinski definition) is 1. The topological polar surface area (TPSA) is 9.23 Å². The molecule has 0 unspecified atom stereocenters. The third-order valence-corrected chi connectivity index (χ3v) is 2.57. The van der Waals surface area contributed by atoms with Gasteiger partial charge in [0.15, 0.2) is 0 Å². The second-order valence-corrected chi connectivity index (χ2v) is 3.75. The second-order valence-electron chi connectivity index (χ2n) is 3.75. The first-order valence-electron chi connectivity index (χ1n) is 5.65. The summed E-state index contributed by atoms with van der Waals surface area (Å²) in [5.41, 5.74) is 2.56. The molecule has 86 valence electrons. The molecule has 0 fully saturated rings. The van der Waals surface area contributed by atoms with E-state index in [1.165, 1.54) is 11.1 Å². The van der Waals surface area contributed by atoms with Gasteiger partial charge in [0.05, 0.1) is 6.10 Å². The Kier molecular flexibility index (Phi) is 8.02. The Labute approximate surface area is 94.5 Å². The lowest BCUT2D eigenvalue weighted by atomic mass is 10.0. The maximum atomic E-state index is 5.87. The lowest BCUT2D eigenvalue weighted by molar-refractivity contribution is 0.0987. The van der Waals surface area contributed by atoms with Gasteiger partial charge in [0.1, 0.15) is 0 Å². The average Bonchev–Trinajstić information content (AvgIpc) is 2.27. The predicted octanol–water partition coefficient (Wildman–Crippen LogP) is 4.27. The van der Waals surface area contributed by atoms with Crippen molar-refractivity contribution in [1.29, 1.82) is 0 Å². The van der Waals surface area contributed by atoms with E-state index in [4.69, 9.17) is 4.74 Å². The van der Waals surface area contributed by atoms with Crippen LogP contribution in [0, 0.1) is 0 Å². The normalized spacial score (nSPS) is 13.4. The van der Waals surface area contributed by atoms with Crippen LogP contribution < -0.4 is 0 Å². The van der Waals surface area contributed by atoms with Gasteiger partial charge in [-0.2, -0.15) is 0 Å². The average molecular weight is 208 g/mol. The highest BCUT2D eigenvalue weighted by Crippen LogP contribution is 2.16. The van der Waals surface area contributed by atoms with E-state index in [9.17, 15) is 0 Å². The van der Waals surface area contributed by atoms with Crippen LogP contribution in [-0.4, -0.2) is 12.7 Å². The van der Waals surface area contributed by atoms with Crippen molar-refractivity contribution in [2.45, 2.75) is 46.6 Å². The standard InChI is InChI=1S/C14H24O/c1-6-9-10-11-15-14(12(4)7-2)13(5)8-3/h6-8,14H,1,9-11H2,2-5H3/b12-7+,13-8+. The van der Waals surface area contributed by atoms with Gasteiger partial charge in [-0.05, 0) is 51.7 Å². The fourth-order valence-electron chi connectivity index (χ4n) is 1.35. The van der Waals surface area contributed by atoms with Crippen molar-refractivity contribution < 1.29 is 4.74 Å².